The van der Waals surface area contributed by atoms with Gasteiger partial charge in [-0.1, -0.05) is 58.8 Å². The molecular formula is C12H25NaO3S. The number of unbranched alkanes of at least 4 members (excludes halogenated alkanes) is 6. The van der Waals surface area contributed by atoms with E-state index in [1.54, 1.807) is 0 Å². The van der Waals surface area contributed by atoms with Crippen molar-refractivity contribution in [3.63, 3.8) is 0 Å². The Kier molecular flexibility index (Phi) is 14.2. The van der Waals surface area contributed by atoms with Crippen LogP contribution in [0.25, 0.3) is 0 Å². The van der Waals surface area contributed by atoms with Gasteiger partial charge in [0.25, 0.3) is 0 Å². The van der Waals surface area contributed by atoms with Crippen LogP contribution < -0.4 is 29.6 Å². The van der Waals surface area contributed by atoms with Crippen molar-refractivity contribution in [3.05, 3.63) is 0 Å². The Morgan fingerprint density at radius 2 is 1.29 bits per heavy atom. The molecule has 0 spiro atoms. The molecule has 5 heteroatoms. The van der Waals surface area contributed by atoms with Gasteiger partial charge in [-0.25, -0.2) is 8.42 Å². The summed E-state index contributed by atoms with van der Waals surface area (Å²) in [4.78, 5) is 0. The van der Waals surface area contributed by atoms with E-state index in [4.69, 9.17) is 0 Å². The van der Waals surface area contributed by atoms with Gasteiger partial charge in [-0.15, -0.1) is 0 Å². The third-order valence-corrected chi connectivity index (χ3v) is 3.46. The predicted molar refractivity (Wildman–Crippen MR) is 66.3 cm³/mol. The first kappa shape index (κ1) is 20.2. The van der Waals surface area contributed by atoms with Crippen LogP contribution in [0.1, 0.15) is 65.2 Å². The van der Waals surface area contributed by atoms with E-state index in [9.17, 15) is 13.0 Å². The fourth-order valence-electron chi connectivity index (χ4n) is 1.72. The molecule has 0 aliphatic rings. The molecule has 0 aliphatic carbocycles. The molecule has 0 aromatic heterocycles. The first-order chi connectivity index (χ1) is 7.42. The Hall–Kier alpha value is 0.910. The van der Waals surface area contributed by atoms with Crippen molar-refractivity contribution in [1.82, 2.24) is 0 Å². The molecule has 0 rings (SSSR count). The molecule has 0 aliphatic heterocycles. The van der Waals surface area contributed by atoms with Gasteiger partial charge in [0.05, 0.1) is 10.1 Å². The van der Waals surface area contributed by atoms with Crippen molar-refractivity contribution in [3.8, 4) is 0 Å². The van der Waals surface area contributed by atoms with Crippen molar-refractivity contribution >= 4 is 10.1 Å². The van der Waals surface area contributed by atoms with Gasteiger partial charge in [0.1, 0.15) is 0 Å². The first-order valence-corrected chi connectivity index (χ1v) is 7.93. The fourth-order valence-corrected chi connectivity index (χ4v) is 2.27. The third kappa shape index (κ3) is 19.4. The number of hydrogen-bond donors (Lipinski definition) is 0. The maximum absolute atomic E-state index is 10.3. The Bertz CT molecular complexity index is 250. The predicted octanol–water partition coefficient (Wildman–Crippen LogP) is 0.312. The Balaban J connectivity index is 0. The molecule has 0 unspecified atom stereocenters. The molecule has 0 saturated heterocycles. The van der Waals surface area contributed by atoms with Crippen LogP contribution in [0.2, 0.25) is 0 Å². The molecular weight excluding hydrogens is 247 g/mol. The number of rotatable bonds is 10. The molecule has 0 bridgehead atoms. The summed E-state index contributed by atoms with van der Waals surface area (Å²) in [5, 5.41) is 0. The number of hydrogen-bond acceptors (Lipinski definition) is 3. The summed E-state index contributed by atoms with van der Waals surface area (Å²) in [6.07, 6.45) is 8.72. The van der Waals surface area contributed by atoms with Gasteiger partial charge >= 0.3 is 29.6 Å². The summed E-state index contributed by atoms with van der Waals surface area (Å²) in [7, 11) is -3.99. The van der Waals surface area contributed by atoms with Crippen LogP contribution in [-0.2, 0) is 10.1 Å². The van der Waals surface area contributed by atoms with E-state index >= 15 is 0 Å². The van der Waals surface area contributed by atoms with Crippen LogP contribution in [-0.4, -0.2) is 18.7 Å². The summed E-state index contributed by atoms with van der Waals surface area (Å²) in [6, 6.07) is 0. The average Bonchev–Trinajstić information content (AvgIpc) is 2.13. The molecule has 0 fully saturated rings. The second-order valence-corrected chi connectivity index (χ2v) is 6.44. The van der Waals surface area contributed by atoms with Gasteiger partial charge in [0.2, 0.25) is 0 Å². The van der Waals surface area contributed by atoms with Crippen LogP contribution in [0.5, 0.6) is 0 Å². The van der Waals surface area contributed by atoms with E-state index < -0.39 is 10.1 Å². The van der Waals surface area contributed by atoms with Gasteiger partial charge in [-0.3, -0.25) is 0 Å². The van der Waals surface area contributed by atoms with Crippen molar-refractivity contribution in [2.75, 3.05) is 5.75 Å². The summed E-state index contributed by atoms with van der Waals surface area (Å²) in [5.74, 6) is 0.600. The molecule has 0 aromatic carbocycles. The minimum Gasteiger partial charge on any atom is -0.748 e. The second-order valence-electron chi connectivity index (χ2n) is 4.92. The molecule has 0 saturated carbocycles. The first-order valence-electron chi connectivity index (χ1n) is 6.35. The van der Waals surface area contributed by atoms with Crippen molar-refractivity contribution in [2.45, 2.75) is 65.2 Å². The van der Waals surface area contributed by atoms with Crippen LogP contribution >= 0.6 is 0 Å². The Labute approximate surface area is 129 Å². The van der Waals surface area contributed by atoms with Crippen molar-refractivity contribution in [1.29, 1.82) is 0 Å². The van der Waals surface area contributed by atoms with Crippen LogP contribution in [0.4, 0.5) is 0 Å². The van der Waals surface area contributed by atoms with Crippen molar-refractivity contribution in [2.24, 2.45) is 5.92 Å². The molecule has 0 N–H and O–H groups in total. The van der Waals surface area contributed by atoms with Crippen LogP contribution in [0.3, 0.4) is 0 Å². The minimum atomic E-state index is -3.99. The zero-order valence-electron chi connectivity index (χ0n) is 11.6. The zero-order chi connectivity index (χ0) is 12.4. The smallest absolute Gasteiger partial charge is 0.748 e. The largest absolute Gasteiger partial charge is 1.00 e. The normalized spacial score (nSPS) is 11.5. The van der Waals surface area contributed by atoms with E-state index in [1.165, 1.54) is 25.7 Å². The van der Waals surface area contributed by atoms with Gasteiger partial charge in [-0.2, -0.15) is 0 Å². The Morgan fingerprint density at radius 1 is 0.882 bits per heavy atom. The summed E-state index contributed by atoms with van der Waals surface area (Å²) >= 11 is 0. The summed E-state index contributed by atoms with van der Waals surface area (Å²) in [6.45, 7) is 4.48. The van der Waals surface area contributed by atoms with E-state index in [0.29, 0.717) is 6.42 Å². The SMILES string of the molecule is CC(C)CCCCCCCCCS(=O)(=O)[O-].[Na+]. The maximum Gasteiger partial charge on any atom is 1.00 e. The zero-order valence-corrected chi connectivity index (χ0v) is 14.4. The van der Waals surface area contributed by atoms with Gasteiger partial charge < -0.3 is 4.55 Å². The second kappa shape index (κ2) is 12.0. The molecule has 0 atom stereocenters. The van der Waals surface area contributed by atoms with Crippen LogP contribution in [0, 0.1) is 5.92 Å². The topological polar surface area (TPSA) is 57.2 Å². The molecule has 17 heavy (non-hydrogen) atoms. The quantitative estimate of drug-likeness (QED) is 0.327. The van der Waals surface area contributed by atoms with Crippen LogP contribution in [0.15, 0.2) is 0 Å². The van der Waals surface area contributed by atoms with E-state index in [0.717, 1.165) is 25.2 Å². The molecule has 0 amide bonds. The van der Waals surface area contributed by atoms with E-state index in [2.05, 4.69) is 13.8 Å². The molecule has 0 heterocycles. The maximum atomic E-state index is 10.3. The summed E-state index contributed by atoms with van der Waals surface area (Å²) in [5.41, 5.74) is 0. The van der Waals surface area contributed by atoms with Gasteiger partial charge in [-0.05, 0) is 12.3 Å². The molecule has 0 aromatic rings. The molecule has 0 radical (unpaired) electrons. The van der Waals surface area contributed by atoms with E-state index in [-0.39, 0.29) is 35.3 Å². The monoisotopic (exact) mass is 272 g/mol. The van der Waals surface area contributed by atoms with Gasteiger partial charge in [0.15, 0.2) is 0 Å². The fraction of sp³-hybridized carbons (Fsp3) is 1.00. The minimum absolute atomic E-state index is 0. The van der Waals surface area contributed by atoms with E-state index in [1.807, 2.05) is 0 Å². The Morgan fingerprint density at radius 3 is 1.71 bits per heavy atom. The summed E-state index contributed by atoms with van der Waals surface area (Å²) < 4.78 is 30.9. The molecule has 3 nitrogen and oxygen atoms in total. The standard InChI is InChI=1S/C12H26O3S.Na/c1-12(2)10-8-6-4-3-5-7-9-11-16(13,14)15;/h12H,3-11H2,1-2H3,(H,13,14,15);/q;+1/p-1. The van der Waals surface area contributed by atoms with Gasteiger partial charge in [0, 0.05) is 5.75 Å². The molecule has 98 valence electrons. The third-order valence-electron chi connectivity index (χ3n) is 2.68. The van der Waals surface area contributed by atoms with Crippen molar-refractivity contribution < 1.29 is 42.5 Å². The average molecular weight is 272 g/mol.